The lowest BCUT2D eigenvalue weighted by Gasteiger charge is -1.98. The van der Waals surface area contributed by atoms with Crippen LogP contribution in [0.5, 0.6) is 0 Å². The van der Waals surface area contributed by atoms with Gasteiger partial charge in [0.05, 0.1) is 0 Å². The molecule has 0 amide bonds. The fraction of sp³-hybridized carbons (Fsp3) is 0.176. The highest BCUT2D eigenvalue weighted by atomic mass is 32.2. The lowest BCUT2D eigenvalue weighted by Crippen LogP contribution is -1.92. The third-order valence-electron chi connectivity index (χ3n) is 3.16. The Kier molecular flexibility index (Phi) is 4.68. The number of benzene rings is 2. The molecule has 2 aromatic carbocycles. The zero-order valence-electron chi connectivity index (χ0n) is 11.8. The summed E-state index contributed by atoms with van der Waals surface area (Å²) in [5, 5.41) is 0. The van der Waals surface area contributed by atoms with E-state index in [1.165, 1.54) is 27.6 Å². The van der Waals surface area contributed by atoms with Crippen LogP contribution >= 0.6 is 23.3 Å². The van der Waals surface area contributed by atoms with Gasteiger partial charge in [-0.15, -0.1) is 0 Å². The zero-order chi connectivity index (χ0) is 14.5. The van der Waals surface area contributed by atoms with E-state index in [2.05, 4.69) is 64.8 Å². The van der Waals surface area contributed by atoms with Crippen LogP contribution in [0, 0.1) is 6.92 Å². The molecule has 0 aliphatic rings. The molecule has 0 bridgehead atoms. The predicted octanol–water partition coefficient (Wildman–Crippen LogP) is 4.78. The molecular formula is C17H16N2S2. The van der Waals surface area contributed by atoms with E-state index in [1.807, 2.05) is 6.07 Å². The topological polar surface area (TPSA) is 25.8 Å². The van der Waals surface area contributed by atoms with E-state index in [0.29, 0.717) is 0 Å². The second-order valence-electron chi connectivity index (χ2n) is 4.88. The Labute approximate surface area is 133 Å². The van der Waals surface area contributed by atoms with Crippen LogP contribution in [0.25, 0.3) is 0 Å². The van der Waals surface area contributed by atoms with Crippen molar-refractivity contribution in [3.63, 3.8) is 0 Å². The van der Waals surface area contributed by atoms with Gasteiger partial charge >= 0.3 is 0 Å². The van der Waals surface area contributed by atoms with Crippen LogP contribution in [0.2, 0.25) is 0 Å². The fourth-order valence-electron chi connectivity index (χ4n) is 1.99. The van der Waals surface area contributed by atoms with Gasteiger partial charge in [0, 0.05) is 11.3 Å². The summed E-state index contributed by atoms with van der Waals surface area (Å²) in [4.78, 5) is 5.83. The molecule has 3 aromatic rings. The molecule has 0 aliphatic carbocycles. The summed E-state index contributed by atoms with van der Waals surface area (Å²) in [6.45, 7) is 2.10. The monoisotopic (exact) mass is 312 g/mol. The lowest BCUT2D eigenvalue weighted by atomic mass is 10.1. The maximum Gasteiger partial charge on any atom is 0.174 e. The van der Waals surface area contributed by atoms with Crippen LogP contribution in [-0.4, -0.2) is 9.36 Å². The maximum absolute atomic E-state index is 4.61. The second-order valence-corrected chi connectivity index (χ2v) is 6.95. The third kappa shape index (κ3) is 4.16. The van der Waals surface area contributed by atoms with Crippen molar-refractivity contribution >= 4 is 23.3 Å². The Hall–Kier alpha value is -1.65. The zero-order valence-corrected chi connectivity index (χ0v) is 13.5. The Bertz CT molecular complexity index is 690. The summed E-state index contributed by atoms with van der Waals surface area (Å²) in [6.07, 6.45) is 1.89. The van der Waals surface area contributed by atoms with E-state index in [9.17, 15) is 0 Å². The molecular weight excluding hydrogens is 296 g/mol. The van der Waals surface area contributed by atoms with Gasteiger partial charge in [0.25, 0.3) is 0 Å². The summed E-state index contributed by atoms with van der Waals surface area (Å²) in [5.74, 6) is 0.943. The molecule has 0 unspecified atom stereocenters. The Balaban J connectivity index is 1.59. The van der Waals surface area contributed by atoms with Crippen molar-refractivity contribution in [2.45, 2.75) is 29.0 Å². The quantitative estimate of drug-likeness (QED) is 0.678. The van der Waals surface area contributed by atoms with Gasteiger partial charge in [0.2, 0.25) is 0 Å². The van der Waals surface area contributed by atoms with E-state index >= 15 is 0 Å². The van der Waals surface area contributed by atoms with Crippen LogP contribution in [-0.2, 0) is 12.8 Å². The van der Waals surface area contributed by atoms with Gasteiger partial charge in [-0.3, -0.25) is 0 Å². The highest BCUT2D eigenvalue weighted by Gasteiger charge is 2.06. The third-order valence-corrected chi connectivity index (χ3v) is 4.95. The molecule has 1 heterocycles. The normalized spacial score (nSPS) is 10.7. The Morgan fingerprint density at radius 1 is 0.952 bits per heavy atom. The standard InChI is InChI=1S/C17H16N2S2/c1-13-7-10-15(11-8-13)20-17-18-16(19-21-17)12-9-14-5-3-2-4-6-14/h2-8,10-11H,9,12H2,1H3. The molecule has 0 N–H and O–H groups in total. The minimum atomic E-state index is 0.898. The molecule has 2 nitrogen and oxygen atoms in total. The highest BCUT2D eigenvalue weighted by Crippen LogP contribution is 2.29. The van der Waals surface area contributed by atoms with Gasteiger partial charge in [0.15, 0.2) is 4.34 Å². The van der Waals surface area contributed by atoms with E-state index < -0.39 is 0 Å². The van der Waals surface area contributed by atoms with E-state index in [4.69, 9.17) is 0 Å². The van der Waals surface area contributed by atoms with E-state index in [0.717, 1.165) is 23.0 Å². The summed E-state index contributed by atoms with van der Waals surface area (Å²) >= 11 is 3.17. The first-order valence-corrected chi connectivity index (χ1v) is 8.49. The first kappa shape index (κ1) is 14.3. The number of hydrogen-bond donors (Lipinski definition) is 0. The average Bonchev–Trinajstić information content (AvgIpc) is 2.96. The van der Waals surface area contributed by atoms with Gasteiger partial charge < -0.3 is 0 Å². The Morgan fingerprint density at radius 2 is 1.71 bits per heavy atom. The van der Waals surface area contributed by atoms with Crippen molar-refractivity contribution in [1.29, 1.82) is 0 Å². The smallest absolute Gasteiger partial charge is 0.174 e. The summed E-state index contributed by atoms with van der Waals surface area (Å²) in [7, 11) is 0. The average molecular weight is 312 g/mol. The molecule has 21 heavy (non-hydrogen) atoms. The summed E-state index contributed by atoms with van der Waals surface area (Å²) in [6, 6.07) is 19.0. The molecule has 0 spiro atoms. The number of rotatable bonds is 5. The van der Waals surface area contributed by atoms with Gasteiger partial charge in [-0.05, 0) is 42.6 Å². The molecule has 3 rings (SSSR count). The number of hydrogen-bond acceptors (Lipinski definition) is 4. The van der Waals surface area contributed by atoms with Gasteiger partial charge in [0.1, 0.15) is 5.82 Å². The minimum Gasteiger partial charge on any atom is -0.213 e. The predicted molar refractivity (Wildman–Crippen MR) is 89.1 cm³/mol. The molecule has 0 atom stereocenters. The largest absolute Gasteiger partial charge is 0.213 e. The van der Waals surface area contributed by atoms with Crippen LogP contribution in [0.15, 0.2) is 63.8 Å². The SMILES string of the molecule is Cc1ccc(Sc2nc(CCc3ccccc3)ns2)cc1. The molecule has 0 saturated carbocycles. The van der Waals surface area contributed by atoms with Crippen LogP contribution in [0.3, 0.4) is 0 Å². The lowest BCUT2D eigenvalue weighted by molar-refractivity contribution is 0.877. The van der Waals surface area contributed by atoms with Gasteiger partial charge in [-0.1, -0.05) is 59.8 Å². The number of aryl methyl sites for hydroxylation is 3. The van der Waals surface area contributed by atoms with E-state index in [-0.39, 0.29) is 0 Å². The van der Waals surface area contributed by atoms with Crippen molar-refractivity contribution in [3.05, 3.63) is 71.5 Å². The van der Waals surface area contributed by atoms with Crippen molar-refractivity contribution < 1.29 is 0 Å². The van der Waals surface area contributed by atoms with Crippen molar-refractivity contribution in [2.75, 3.05) is 0 Å². The number of aromatic nitrogens is 2. The fourth-order valence-corrected chi connectivity index (χ4v) is 3.63. The van der Waals surface area contributed by atoms with Gasteiger partial charge in [-0.25, -0.2) is 4.98 Å². The minimum absolute atomic E-state index is 0.898. The summed E-state index contributed by atoms with van der Waals surface area (Å²) in [5.41, 5.74) is 2.61. The molecule has 0 fully saturated rings. The highest BCUT2D eigenvalue weighted by molar-refractivity contribution is 8.01. The Morgan fingerprint density at radius 3 is 2.48 bits per heavy atom. The van der Waals surface area contributed by atoms with Gasteiger partial charge in [-0.2, -0.15) is 4.37 Å². The molecule has 1 aromatic heterocycles. The maximum atomic E-state index is 4.61. The molecule has 4 heteroatoms. The van der Waals surface area contributed by atoms with Crippen molar-refractivity contribution in [1.82, 2.24) is 9.36 Å². The number of nitrogens with zero attached hydrogens (tertiary/aromatic N) is 2. The van der Waals surface area contributed by atoms with Crippen LogP contribution in [0.4, 0.5) is 0 Å². The molecule has 106 valence electrons. The molecule has 0 saturated heterocycles. The first-order valence-electron chi connectivity index (χ1n) is 6.90. The van der Waals surface area contributed by atoms with Crippen LogP contribution in [0.1, 0.15) is 17.0 Å². The second kappa shape index (κ2) is 6.87. The van der Waals surface area contributed by atoms with E-state index in [1.54, 1.807) is 11.8 Å². The summed E-state index contributed by atoms with van der Waals surface area (Å²) < 4.78 is 5.47. The van der Waals surface area contributed by atoms with Crippen molar-refractivity contribution in [2.24, 2.45) is 0 Å². The molecule has 0 radical (unpaired) electrons. The van der Waals surface area contributed by atoms with Crippen molar-refractivity contribution in [3.8, 4) is 0 Å². The van der Waals surface area contributed by atoms with Crippen LogP contribution < -0.4 is 0 Å². The first-order chi connectivity index (χ1) is 10.3. The molecule has 0 aliphatic heterocycles.